The van der Waals surface area contributed by atoms with Crippen LogP contribution in [0.4, 0.5) is 19.3 Å². The Labute approximate surface area is 113 Å². The number of rotatable bonds is 4. The third-order valence-corrected chi connectivity index (χ3v) is 3.35. The number of carbonyl (C=O) groups excluding carboxylic acids is 1. The third-order valence-electron chi connectivity index (χ3n) is 2.42. The van der Waals surface area contributed by atoms with Crippen LogP contribution in [0.2, 0.25) is 0 Å². The summed E-state index contributed by atoms with van der Waals surface area (Å²) in [4.78, 5) is 12.7. The number of hydrogen-bond acceptors (Lipinski definition) is 2. The fraction of sp³-hybridized carbons (Fsp3) is 0.154. The van der Waals surface area contributed by atoms with Crippen LogP contribution in [0.5, 0.6) is 0 Å². The molecule has 2 rings (SSSR count). The summed E-state index contributed by atoms with van der Waals surface area (Å²) in [6.45, 7) is 0.454. The molecule has 19 heavy (non-hydrogen) atoms. The van der Waals surface area contributed by atoms with Crippen LogP contribution in [0.3, 0.4) is 0 Å². The van der Waals surface area contributed by atoms with Gasteiger partial charge >= 0.3 is 6.03 Å². The van der Waals surface area contributed by atoms with Crippen LogP contribution < -0.4 is 10.6 Å². The highest BCUT2D eigenvalue weighted by molar-refractivity contribution is 7.09. The summed E-state index contributed by atoms with van der Waals surface area (Å²) >= 11 is 1.61. The van der Waals surface area contributed by atoms with Crippen molar-refractivity contribution in [3.05, 3.63) is 52.2 Å². The van der Waals surface area contributed by atoms with Crippen LogP contribution in [-0.4, -0.2) is 12.6 Å². The molecule has 1 heterocycles. The molecule has 0 aliphatic heterocycles. The van der Waals surface area contributed by atoms with Gasteiger partial charge in [0.15, 0.2) is 0 Å². The number of amides is 2. The van der Waals surface area contributed by atoms with Gasteiger partial charge in [-0.05, 0) is 30.0 Å². The van der Waals surface area contributed by atoms with Crippen molar-refractivity contribution in [2.45, 2.75) is 6.42 Å². The first-order chi connectivity index (χ1) is 9.15. The zero-order valence-corrected chi connectivity index (χ0v) is 10.8. The van der Waals surface area contributed by atoms with Crippen molar-refractivity contribution in [1.29, 1.82) is 0 Å². The van der Waals surface area contributed by atoms with Crippen LogP contribution in [-0.2, 0) is 6.42 Å². The molecule has 2 N–H and O–H groups in total. The molecule has 0 radical (unpaired) electrons. The highest BCUT2D eigenvalue weighted by atomic mass is 32.1. The summed E-state index contributed by atoms with van der Waals surface area (Å²) in [5.74, 6) is -1.48. The van der Waals surface area contributed by atoms with Crippen molar-refractivity contribution in [2.24, 2.45) is 0 Å². The van der Waals surface area contributed by atoms with E-state index in [1.807, 2.05) is 17.5 Å². The molecule has 1 aromatic carbocycles. The molecule has 0 spiro atoms. The fourth-order valence-electron chi connectivity index (χ4n) is 1.51. The standard InChI is InChI=1S/C13H12F2N2OS/c14-9-3-4-12(11(15)8-9)17-13(18)16-6-5-10-2-1-7-19-10/h1-4,7-8H,5-6H2,(H2,16,17,18). The molecule has 1 aromatic heterocycles. The van der Waals surface area contributed by atoms with Gasteiger partial charge in [0.25, 0.3) is 0 Å². The lowest BCUT2D eigenvalue weighted by molar-refractivity contribution is 0.252. The number of urea groups is 1. The van der Waals surface area contributed by atoms with Gasteiger partial charge < -0.3 is 10.6 Å². The van der Waals surface area contributed by atoms with Gasteiger partial charge in [-0.2, -0.15) is 0 Å². The van der Waals surface area contributed by atoms with Gasteiger partial charge in [-0.15, -0.1) is 11.3 Å². The molecular weight excluding hydrogens is 270 g/mol. The average Bonchev–Trinajstić information content (AvgIpc) is 2.86. The maximum absolute atomic E-state index is 13.3. The lowest BCUT2D eigenvalue weighted by Gasteiger charge is -2.07. The van der Waals surface area contributed by atoms with E-state index in [-0.39, 0.29) is 5.69 Å². The Bertz CT molecular complexity index is 558. The second kappa shape index (κ2) is 6.29. The summed E-state index contributed by atoms with van der Waals surface area (Å²) in [5, 5.41) is 6.90. The SMILES string of the molecule is O=C(NCCc1cccs1)Nc1ccc(F)cc1F. The minimum absolute atomic E-state index is 0.0463. The first kappa shape index (κ1) is 13.5. The number of benzene rings is 1. The molecule has 2 aromatic rings. The summed E-state index contributed by atoms with van der Waals surface area (Å²) in [6.07, 6.45) is 0.719. The summed E-state index contributed by atoms with van der Waals surface area (Å²) in [5.41, 5.74) is -0.0463. The highest BCUT2D eigenvalue weighted by Crippen LogP contribution is 2.14. The van der Waals surface area contributed by atoms with Crippen molar-refractivity contribution in [3.63, 3.8) is 0 Å². The fourth-order valence-corrected chi connectivity index (χ4v) is 2.22. The van der Waals surface area contributed by atoms with E-state index < -0.39 is 17.7 Å². The Hall–Kier alpha value is -1.95. The first-order valence-electron chi connectivity index (χ1n) is 5.67. The predicted molar refractivity (Wildman–Crippen MR) is 71.4 cm³/mol. The van der Waals surface area contributed by atoms with Crippen LogP contribution >= 0.6 is 11.3 Å². The minimum atomic E-state index is -0.798. The number of thiophene rings is 1. The summed E-state index contributed by atoms with van der Waals surface area (Å²) in [7, 11) is 0. The molecule has 0 bridgehead atoms. The zero-order valence-electron chi connectivity index (χ0n) is 9.95. The molecule has 0 unspecified atom stereocenters. The van der Waals surface area contributed by atoms with Gasteiger partial charge in [-0.1, -0.05) is 6.07 Å². The van der Waals surface area contributed by atoms with E-state index in [1.165, 1.54) is 6.07 Å². The third kappa shape index (κ3) is 4.03. The first-order valence-corrected chi connectivity index (χ1v) is 6.55. The lowest BCUT2D eigenvalue weighted by Crippen LogP contribution is -2.30. The lowest BCUT2D eigenvalue weighted by atomic mass is 10.3. The van der Waals surface area contributed by atoms with E-state index in [0.29, 0.717) is 6.54 Å². The second-order valence-electron chi connectivity index (χ2n) is 3.83. The van der Waals surface area contributed by atoms with Gasteiger partial charge in [-0.3, -0.25) is 0 Å². The molecular formula is C13H12F2N2OS. The van der Waals surface area contributed by atoms with Crippen LogP contribution in [0.25, 0.3) is 0 Å². The summed E-state index contributed by atoms with van der Waals surface area (Å²) in [6, 6.07) is 6.40. The van der Waals surface area contributed by atoms with Gasteiger partial charge in [0, 0.05) is 17.5 Å². The van der Waals surface area contributed by atoms with Crippen LogP contribution in [0.15, 0.2) is 35.7 Å². The number of halogens is 2. The number of anilines is 1. The molecule has 2 amide bonds. The Kier molecular flexibility index (Phi) is 4.46. The largest absolute Gasteiger partial charge is 0.338 e. The molecule has 100 valence electrons. The predicted octanol–water partition coefficient (Wildman–Crippen LogP) is 3.39. The van der Waals surface area contributed by atoms with Crippen molar-refractivity contribution in [1.82, 2.24) is 5.32 Å². The van der Waals surface area contributed by atoms with Gasteiger partial charge in [0.05, 0.1) is 5.69 Å². The van der Waals surface area contributed by atoms with E-state index >= 15 is 0 Å². The number of nitrogens with one attached hydrogen (secondary N) is 2. The molecule has 0 saturated heterocycles. The quantitative estimate of drug-likeness (QED) is 0.886. The Balaban J connectivity index is 1.80. The maximum atomic E-state index is 13.3. The van der Waals surface area contributed by atoms with E-state index in [1.54, 1.807) is 11.3 Å². The van der Waals surface area contributed by atoms with Gasteiger partial charge in [0.1, 0.15) is 11.6 Å². The molecule has 0 atom stereocenters. The smallest absolute Gasteiger partial charge is 0.319 e. The maximum Gasteiger partial charge on any atom is 0.319 e. The highest BCUT2D eigenvalue weighted by Gasteiger charge is 2.07. The normalized spacial score (nSPS) is 10.2. The summed E-state index contributed by atoms with van der Waals surface area (Å²) < 4.78 is 26.0. The van der Waals surface area contributed by atoms with Crippen molar-refractivity contribution >= 4 is 23.1 Å². The van der Waals surface area contributed by atoms with Crippen LogP contribution in [0, 0.1) is 11.6 Å². The topological polar surface area (TPSA) is 41.1 Å². The average molecular weight is 282 g/mol. The Morgan fingerprint density at radius 1 is 1.26 bits per heavy atom. The Morgan fingerprint density at radius 2 is 2.11 bits per heavy atom. The van der Waals surface area contributed by atoms with Gasteiger partial charge in [0.2, 0.25) is 0 Å². The molecule has 3 nitrogen and oxygen atoms in total. The second-order valence-corrected chi connectivity index (χ2v) is 4.87. The number of hydrogen-bond donors (Lipinski definition) is 2. The van der Waals surface area contributed by atoms with Gasteiger partial charge in [-0.25, -0.2) is 13.6 Å². The van der Waals surface area contributed by atoms with E-state index in [0.717, 1.165) is 23.4 Å². The zero-order chi connectivity index (χ0) is 13.7. The van der Waals surface area contributed by atoms with Crippen molar-refractivity contribution < 1.29 is 13.6 Å². The number of carbonyl (C=O) groups is 1. The molecule has 0 fully saturated rings. The molecule has 0 saturated carbocycles. The molecule has 0 aliphatic rings. The molecule has 6 heteroatoms. The van der Waals surface area contributed by atoms with E-state index in [9.17, 15) is 13.6 Å². The van der Waals surface area contributed by atoms with Crippen molar-refractivity contribution in [2.75, 3.05) is 11.9 Å². The minimum Gasteiger partial charge on any atom is -0.338 e. The van der Waals surface area contributed by atoms with Crippen LogP contribution in [0.1, 0.15) is 4.88 Å². The van der Waals surface area contributed by atoms with E-state index in [2.05, 4.69) is 10.6 Å². The molecule has 0 aliphatic carbocycles. The van der Waals surface area contributed by atoms with E-state index in [4.69, 9.17) is 0 Å². The Morgan fingerprint density at radius 3 is 2.79 bits per heavy atom. The monoisotopic (exact) mass is 282 g/mol. The van der Waals surface area contributed by atoms with Crippen molar-refractivity contribution in [3.8, 4) is 0 Å².